The third-order valence-electron chi connectivity index (χ3n) is 11.8. The zero-order chi connectivity index (χ0) is 38.9. The average Bonchev–Trinajstić information content (AvgIpc) is 3.71. The maximum Gasteiger partial charge on any atom is 0.156 e. The lowest BCUT2D eigenvalue weighted by molar-refractivity contribution is 0.913. The molecule has 0 saturated heterocycles. The van der Waals surface area contributed by atoms with Crippen molar-refractivity contribution in [1.82, 2.24) is 4.57 Å². The van der Waals surface area contributed by atoms with Gasteiger partial charge in [-0.1, -0.05) is 158 Å². The predicted molar refractivity (Wildman–Crippen MR) is 252 cm³/mol. The van der Waals surface area contributed by atoms with E-state index in [0.717, 1.165) is 28.1 Å². The number of para-hydroxylation sites is 1. The molecule has 1 aliphatic heterocycles. The minimum Gasteiger partial charge on any atom is -0.308 e. The quantitative estimate of drug-likeness (QED) is 0.167. The largest absolute Gasteiger partial charge is 0.308 e. The molecule has 12 rings (SSSR count). The highest BCUT2D eigenvalue weighted by Gasteiger charge is 2.22. The fraction of sp³-hybridized carbons (Fsp3) is 0.0182. The highest BCUT2D eigenvalue weighted by atomic mass is 32.1. The summed E-state index contributed by atoms with van der Waals surface area (Å²) in [6, 6.07) is 69.9. The van der Waals surface area contributed by atoms with E-state index in [9.17, 15) is 0 Å². The van der Waals surface area contributed by atoms with E-state index < -0.39 is 0 Å². The average molecular weight is 770 g/mol. The van der Waals surface area contributed by atoms with Gasteiger partial charge in [0.05, 0.1) is 33.2 Å². The molecule has 3 nitrogen and oxygen atoms in total. The Morgan fingerprint density at radius 3 is 1.80 bits per heavy atom. The molecule has 4 heteroatoms. The first-order chi connectivity index (χ1) is 29.2. The molecule has 0 fully saturated rings. The van der Waals surface area contributed by atoms with Gasteiger partial charge in [-0.3, -0.25) is 4.99 Å². The summed E-state index contributed by atoms with van der Waals surface area (Å²) in [6.07, 6.45) is 4.39. The van der Waals surface area contributed by atoms with Gasteiger partial charge < -0.3 is 4.57 Å². The number of nitrogens with zero attached hydrogens (tertiary/aromatic N) is 3. The van der Waals surface area contributed by atoms with Crippen LogP contribution in [0.2, 0.25) is 0 Å². The van der Waals surface area contributed by atoms with Gasteiger partial charge >= 0.3 is 0 Å². The number of allylic oxidation sites excluding steroid dienone is 1. The minimum atomic E-state index is -0.210. The first-order valence-electron chi connectivity index (χ1n) is 20.1. The molecule has 3 heterocycles. The number of aromatic nitrogens is 1. The van der Waals surface area contributed by atoms with Crippen molar-refractivity contribution < 1.29 is 0 Å². The van der Waals surface area contributed by atoms with Crippen LogP contribution in [0.5, 0.6) is 0 Å². The zero-order valence-electron chi connectivity index (χ0n) is 32.0. The molecule has 1 atom stereocenters. The summed E-state index contributed by atoms with van der Waals surface area (Å²) in [4.78, 5) is 10.8. The number of fused-ring (bicyclic) bond motifs is 8. The summed E-state index contributed by atoms with van der Waals surface area (Å²) >= 11 is 1.87. The Labute approximate surface area is 345 Å². The molecule has 2 aromatic heterocycles. The third-order valence-corrected chi connectivity index (χ3v) is 13.0. The van der Waals surface area contributed by atoms with Crippen molar-refractivity contribution in [2.24, 2.45) is 9.98 Å². The van der Waals surface area contributed by atoms with E-state index in [2.05, 4.69) is 205 Å². The summed E-state index contributed by atoms with van der Waals surface area (Å²) in [5.41, 5.74) is 9.95. The normalized spacial score (nSPS) is 14.4. The van der Waals surface area contributed by atoms with E-state index in [4.69, 9.17) is 9.98 Å². The number of hydrogen-bond donors (Lipinski definition) is 0. The highest BCUT2D eigenvalue weighted by Crippen LogP contribution is 2.44. The summed E-state index contributed by atoms with van der Waals surface area (Å²) in [5.74, 6) is 0.717. The standard InChI is InChI=1S/C55H35N3S/c1-3-13-35(14-4-1)36-23-25-37(26-24-36)48-27-28-49(57-55(56-48)38-15-5-2-6-16-38)43-31-47-46-30-40-18-8-10-20-42(40)34-53(46)59-54(47)52(33-43)58-50-22-12-11-21-44(50)45-29-39-17-7-9-19-41(39)32-51(45)58/h1-34,48H. The molecule has 9 aromatic carbocycles. The summed E-state index contributed by atoms with van der Waals surface area (Å²) in [5, 5.41) is 9.92. The lowest BCUT2D eigenvalue weighted by Gasteiger charge is -2.13. The number of benzene rings is 9. The fourth-order valence-corrected chi connectivity index (χ4v) is 10.1. The summed E-state index contributed by atoms with van der Waals surface area (Å²) < 4.78 is 5.01. The zero-order valence-corrected chi connectivity index (χ0v) is 32.8. The SMILES string of the molecule is C1=CC(c2ccc(-c3ccccc3)cc2)N=C(c2ccccc2)N=C1c1cc(-n2c3ccccc3c3cc4ccccc4cc32)c2sc3cc4ccccc4cc3c2c1. The minimum absolute atomic E-state index is 0.210. The second-order valence-electron chi connectivity index (χ2n) is 15.3. The molecule has 0 bridgehead atoms. The molecule has 0 saturated carbocycles. The van der Waals surface area contributed by atoms with Crippen LogP contribution >= 0.6 is 11.3 Å². The Kier molecular flexibility index (Phi) is 7.78. The summed E-state index contributed by atoms with van der Waals surface area (Å²) in [6.45, 7) is 0. The number of rotatable bonds is 5. The molecule has 276 valence electrons. The first kappa shape index (κ1) is 33.7. The van der Waals surface area contributed by atoms with Crippen LogP contribution in [0.1, 0.15) is 22.7 Å². The molecule has 1 unspecified atom stereocenters. The molecule has 1 aliphatic rings. The van der Waals surface area contributed by atoms with Crippen LogP contribution in [0.3, 0.4) is 0 Å². The van der Waals surface area contributed by atoms with Crippen LogP contribution in [0.4, 0.5) is 0 Å². The molecular formula is C55H35N3S. The Balaban J connectivity index is 1.10. The number of hydrogen-bond acceptors (Lipinski definition) is 3. The van der Waals surface area contributed by atoms with Gasteiger partial charge in [0.2, 0.25) is 0 Å². The van der Waals surface area contributed by atoms with Crippen LogP contribution in [0.15, 0.2) is 216 Å². The molecule has 11 aromatic rings. The van der Waals surface area contributed by atoms with Crippen molar-refractivity contribution in [3.05, 3.63) is 223 Å². The molecule has 0 aliphatic carbocycles. The van der Waals surface area contributed by atoms with Gasteiger partial charge in [0.25, 0.3) is 0 Å². The lowest BCUT2D eigenvalue weighted by Crippen LogP contribution is -2.05. The van der Waals surface area contributed by atoms with E-state index in [0.29, 0.717) is 5.84 Å². The molecular weight excluding hydrogens is 735 g/mol. The molecule has 59 heavy (non-hydrogen) atoms. The van der Waals surface area contributed by atoms with E-state index >= 15 is 0 Å². The third kappa shape index (κ3) is 5.72. The van der Waals surface area contributed by atoms with Crippen LogP contribution in [0.25, 0.3) is 80.3 Å². The molecule has 0 radical (unpaired) electrons. The van der Waals surface area contributed by atoms with Crippen LogP contribution in [-0.2, 0) is 0 Å². The van der Waals surface area contributed by atoms with Gasteiger partial charge in [-0.15, -0.1) is 11.3 Å². The van der Waals surface area contributed by atoms with Crippen molar-refractivity contribution in [1.29, 1.82) is 0 Å². The Morgan fingerprint density at radius 2 is 1.05 bits per heavy atom. The molecule has 0 spiro atoms. The second-order valence-corrected chi connectivity index (χ2v) is 16.4. The molecule has 0 N–H and O–H groups in total. The van der Waals surface area contributed by atoms with Crippen molar-refractivity contribution in [2.45, 2.75) is 6.04 Å². The first-order valence-corrected chi connectivity index (χ1v) is 20.9. The Morgan fingerprint density at radius 1 is 0.441 bits per heavy atom. The van der Waals surface area contributed by atoms with Crippen molar-refractivity contribution >= 4 is 86.4 Å². The van der Waals surface area contributed by atoms with E-state index in [1.807, 2.05) is 17.4 Å². The van der Waals surface area contributed by atoms with Crippen LogP contribution < -0.4 is 0 Å². The van der Waals surface area contributed by atoms with Crippen LogP contribution in [-0.4, -0.2) is 16.1 Å². The van der Waals surface area contributed by atoms with Gasteiger partial charge in [-0.25, -0.2) is 4.99 Å². The van der Waals surface area contributed by atoms with Gasteiger partial charge in [-0.2, -0.15) is 0 Å². The molecule has 0 amide bonds. The van der Waals surface area contributed by atoms with Crippen molar-refractivity contribution in [3.63, 3.8) is 0 Å². The maximum atomic E-state index is 5.44. The lowest BCUT2D eigenvalue weighted by atomic mass is 9.99. The topological polar surface area (TPSA) is 29.6 Å². The van der Waals surface area contributed by atoms with Gasteiger partial charge in [0.15, 0.2) is 5.84 Å². The Bertz CT molecular complexity index is 3530. The van der Waals surface area contributed by atoms with Crippen molar-refractivity contribution in [3.8, 4) is 16.8 Å². The second kappa shape index (κ2) is 13.6. The maximum absolute atomic E-state index is 5.44. The van der Waals surface area contributed by atoms with Crippen LogP contribution in [0, 0.1) is 0 Å². The van der Waals surface area contributed by atoms with Crippen molar-refractivity contribution in [2.75, 3.05) is 0 Å². The highest BCUT2D eigenvalue weighted by molar-refractivity contribution is 7.26. The smallest absolute Gasteiger partial charge is 0.156 e. The number of amidine groups is 1. The summed E-state index contributed by atoms with van der Waals surface area (Å²) in [7, 11) is 0. The van der Waals surface area contributed by atoms with E-state index in [-0.39, 0.29) is 6.04 Å². The Hall–Kier alpha value is -7.40. The van der Waals surface area contributed by atoms with E-state index in [1.54, 1.807) is 0 Å². The van der Waals surface area contributed by atoms with Gasteiger partial charge in [-0.05, 0) is 86.8 Å². The van der Waals surface area contributed by atoms with Gasteiger partial charge in [0, 0.05) is 37.4 Å². The van der Waals surface area contributed by atoms with E-state index in [1.165, 1.54) is 74.6 Å². The predicted octanol–water partition coefficient (Wildman–Crippen LogP) is 14.7. The monoisotopic (exact) mass is 769 g/mol. The fourth-order valence-electron chi connectivity index (χ4n) is 8.89. The number of aliphatic imine (C=N–C) groups is 2. The number of thiophene rings is 1. The van der Waals surface area contributed by atoms with Gasteiger partial charge in [0.1, 0.15) is 0 Å².